The molecule has 1 saturated heterocycles. The molecule has 1 unspecified atom stereocenters. The van der Waals surface area contributed by atoms with E-state index in [9.17, 15) is 18.0 Å². The van der Waals surface area contributed by atoms with Crippen LogP contribution in [0.3, 0.4) is 0 Å². The third-order valence-electron chi connectivity index (χ3n) is 7.38. The van der Waals surface area contributed by atoms with Crippen molar-refractivity contribution in [1.82, 2.24) is 9.62 Å². The summed E-state index contributed by atoms with van der Waals surface area (Å²) in [7, 11) is -2.34. The van der Waals surface area contributed by atoms with Crippen molar-refractivity contribution in [3.05, 3.63) is 83.9 Å². The van der Waals surface area contributed by atoms with Crippen molar-refractivity contribution in [2.24, 2.45) is 5.92 Å². The molecule has 1 atom stereocenters. The topological polar surface area (TPSA) is 105 Å². The number of sulfonamides is 1. The van der Waals surface area contributed by atoms with E-state index in [0.717, 1.165) is 11.1 Å². The average molecular weight is 564 g/mol. The van der Waals surface area contributed by atoms with Gasteiger partial charge in [-0.25, -0.2) is 8.42 Å². The number of piperidine rings is 1. The fraction of sp³-hybridized carbons (Fsp3) is 0.333. The molecule has 10 heteroatoms. The van der Waals surface area contributed by atoms with E-state index in [-0.39, 0.29) is 42.3 Å². The SMILES string of the molecule is COc1ccc(C)cc1S(=O)(=O)N1CCC(C(=O)N2CC(C(=O)NCc3ccccc3)Oc3ccccc32)CC1. The summed E-state index contributed by atoms with van der Waals surface area (Å²) in [5.41, 5.74) is 2.39. The zero-order chi connectivity index (χ0) is 28.3. The molecule has 0 radical (unpaired) electrons. The summed E-state index contributed by atoms with van der Waals surface area (Å²) in [6.45, 7) is 2.69. The van der Waals surface area contributed by atoms with Crippen LogP contribution in [-0.4, -0.2) is 57.4 Å². The van der Waals surface area contributed by atoms with Crippen LogP contribution in [0, 0.1) is 12.8 Å². The molecule has 5 rings (SSSR count). The maximum atomic E-state index is 13.8. The molecule has 0 saturated carbocycles. The number of nitrogens with zero attached hydrogens (tertiary/aromatic N) is 2. The van der Waals surface area contributed by atoms with Gasteiger partial charge in [0.2, 0.25) is 15.9 Å². The van der Waals surface area contributed by atoms with Gasteiger partial charge in [-0.3, -0.25) is 9.59 Å². The van der Waals surface area contributed by atoms with E-state index in [1.165, 1.54) is 11.4 Å². The highest BCUT2D eigenvalue weighted by Crippen LogP contribution is 2.36. The second-order valence-electron chi connectivity index (χ2n) is 10.1. The van der Waals surface area contributed by atoms with Crippen molar-refractivity contribution in [3.8, 4) is 11.5 Å². The lowest BCUT2D eigenvalue weighted by atomic mass is 9.95. The van der Waals surface area contributed by atoms with E-state index < -0.39 is 16.1 Å². The van der Waals surface area contributed by atoms with Gasteiger partial charge in [0.05, 0.1) is 19.3 Å². The number of hydrogen-bond donors (Lipinski definition) is 1. The molecule has 3 aromatic rings. The number of carbonyl (C=O) groups is 2. The van der Waals surface area contributed by atoms with Crippen molar-refractivity contribution in [2.75, 3.05) is 31.6 Å². The van der Waals surface area contributed by atoms with Gasteiger partial charge in [0.15, 0.2) is 6.10 Å². The van der Waals surface area contributed by atoms with E-state index in [1.54, 1.807) is 41.3 Å². The van der Waals surface area contributed by atoms with Crippen LogP contribution in [0.25, 0.3) is 0 Å². The van der Waals surface area contributed by atoms with E-state index in [4.69, 9.17) is 9.47 Å². The van der Waals surface area contributed by atoms with Crippen molar-refractivity contribution >= 4 is 27.5 Å². The van der Waals surface area contributed by atoms with Gasteiger partial charge in [-0.05, 0) is 55.2 Å². The summed E-state index contributed by atoms with van der Waals surface area (Å²) in [5.74, 6) is -0.0603. The molecule has 0 aliphatic carbocycles. The molecule has 2 aliphatic heterocycles. The number of methoxy groups -OCH3 is 1. The van der Waals surface area contributed by atoms with Gasteiger partial charge in [0, 0.05) is 25.6 Å². The summed E-state index contributed by atoms with van der Waals surface area (Å²) >= 11 is 0. The van der Waals surface area contributed by atoms with Gasteiger partial charge in [0.25, 0.3) is 5.91 Å². The molecule has 2 amide bonds. The maximum Gasteiger partial charge on any atom is 0.263 e. The first kappa shape index (κ1) is 27.7. The molecule has 0 spiro atoms. The van der Waals surface area contributed by atoms with Gasteiger partial charge in [-0.2, -0.15) is 4.31 Å². The molecule has 210 valence electrons. The number of anilines is 1. The third kappa shape index (κ3) is 5.68. The number of hydrogen-bond acceptors (Lipinski definition) is 6. The van der Waals surface area contributed by atoms with Crippen molar-refractivity contribution < 1.29 is 27.5 Å². The third-order valence-corrected chi connectivity index (χ3v) is 9.30. The van der Waals surface area contributed by atoms with Gasteiger partial charge >= 0.3 is 0 Å². The Kier molecular flexibility index (Phi) is 8.09. The molecule has 1 N–H and O–H groups in total. The van der Waals surface area contributed by atoms with E-state index in [0.29, 0.717) is 36.6 Å². The number of nitrogens with one attached hydrogen (secondary N) is 1. The van der Waals surface area contributed by atoms with E-state index >= 15 is 0 Å². The summed E-state index contributed by atoms with van der Waals surface area (Å²) in [5, 5.41) is 2.90. The maximum absolute atomic E-state index is 13.8. The van der Waals surface area contributed by atoms with E-state index in [1.807, 2.05) is 43.3 Å². The number of carbonyl (C=O) groups excluding carboxylic acids is 2. The van der Waals surface area contributed by atoms with Gasteiger partial charge < -0.3 is 19.7 Å². The molecule has 2 heterocycles. The Balaban J connectivity index is 1.28. The van der Waals surface area contributed by atoms with Crippen LogP contribution in [-0.2, 0) is 26.2 Å². The van der Waals surface area contributed by atoms with Gasteiger partial charge in [-0.15, -0.1) is 0 Å². The summed E-state index contributed by atoms with van der Waals surface area (Å²) in [4.78, 5) is 28.6. The molecular weight excluding hydrogens is 530 g/mol. The summed E-state index contributed by atoms with van der Waals surface area (Å²) < 4.78 is 39.6. The number of aryl methyl sites for hydroxylation is 1. The van der Waals surface area contributed by atoms with Crippen LogP contribution < -0.4 is 19.7 Å². The van der Waals surface area contributed by atoms with Crippen molar-refractivity contribution in [3.63, 3.8) is 0 Å². The number of ether oxygens (including phenoxy) is 2. The largest absolute Gasteiger partial charge is 0.495 e. The first-order chi connectivity index (χ1) is 19.3. The molecule has 40 heavy (non-hydrogen) atoms. The zero-order valence-electron chi connectivity index (χ0n) is 22.6. The van der Waals surface area contributed by atoms with Crippen LogP contribution in [0.15, 0.2) is 77.7 Å². The Bertz CT molecular complexity index is 1490. The van der Waals surface area contributed by atoms with Crippen LogP contribution in [0.2, 0.25) is 0 Å². The molecule has 0 aromatic heterocycles. The van der Waals surface area contributed by atoms with Gasteiger partial charge in [-0.1, -0.05) is 48.5 Å². The van der Waals surface area contributed by atoms with Gasteiger partial charge in [0.1, 0.15) is 16.4 Å². The minimum atomic E-state index is -3.79. The molecule has 0 bridgehead atoms. The standard InChI is InChI=1S/C30H33N3O6S/c1-21-12-13-26(38-2)28(18-21)40(36,37)32-16-14-23(15-17-32)30(35)33-20-27(39-25-11-7-6-10-24(25)33)29(34)31-19-22-8-4-3-5-9-22/h3-13,18,23,27H,14-17,19-20H2,1-2H3,(H,31,34). The lowest BCUT2D eigenvalue weighted by molar-refractivity contribution is -0.129. The quantitative estimate of drug-likeness (QED) is 0.472. The Hall–Kier alpha value is -3.89. The van der Waals surface area contributed by atoms with Crippen molar-refractivity contribution in [2.45, 2.75) is 37.3 Å². The molecule has 9 nitrogen and oxygen atoms in total. The molecule has 2 aliphatic rings. The molecule has 3 aromatic carbocycles. The number of benzene rings is 3. The second-order valence-corrected chi connectivity index (χ2v) is 12.0. The normalized spacial score (nSPS) is 17.9. The van der Waals surface area contributed by atoms with E-state index in [2.05, 4.69) is 5.32 Å². The van der Waals surface area contributed by atoms with Crippen LogP contribution in [0.4, 0.5) is 5.69 Å². The lowest BCUT2D eigenvalue weighted by Crippen LogP contribution is -2.53. The fourth-order valence-corrected chi connectivity index (χ4v) is 6.88. The molecule has 1 fully saturated rings. The minimum Gasteiger partial charge on any atom is -0.495 e. The summed E-state index contributed by atoms with van der Waals surface area (Å²) in [6, 6.07) is 21.8. The first-order valence-electron chi connectivity index (χ1n) is 13.3. The Morgan fingerprint density at radius 3 is 2.42 bits per heavy atom. The number of amides is 2. The average Bonchev–Trinajstić information content (AvgIpc) is 2.99. The zero-order valence-corrected chi connectivity index (χ0v) is 23.4. The number of fused-ring (bicyclic) bond motifs is 1. The highest BCUT2D eigenvalue weighted by Gasteiger charge is 2.39. The summed E-state index contributed by atoms with van der Waals surface area (Å²) in [6.07, 6.45) is -0.121. The smallest absolute Gasteiger partial charge is 0.263 e. The van der Waals surface area contributed by atoms with Crippen LogP contribution in [0.5, 0.6) is 11.5 Å². The van der Waals surface area contributed by atoms with Crippen LogP contribution >= 0.6 is 0 Å². The fourth-order valence-electron chi connectivity index (χ4n) is 5.17. The highest BCUT2D eigenvalue weighted by molar-refractivity contribution is 7.89. The second kappa shape index (κ2) is 11.7. The Labute approximate surface area is 234 Å². The monoisotopic (exact) mass is 563 g/mol. The predicted octanol–water partition coefficient (Wildman–Crippen LogP) is 3.51. The highest BCUT2D eigenvalue weighted by atomic mass is 32.2. The number of para-hydroxylation sites is 2. The Morgan fingerprint density at radius 1 is 1.00 bits per heavy atom. The Morgan fingerprint density at radius 2 is 1.70 bits per heavy atom. The molecular formula is C30H33N3O6S. The van der Waals surface area contributed by atoms with Crippen molar-refractivity contribution in [1.29, 1.82) is 0 Å². The minimum absolute atomic E-state index is 0.0788. The lowest BCUT2D eigenvalue weighted by Gasteiger charge is -2.38. The first-order valence-corrected chi connectivity index (χ1v) is 14.8. The van der Waals surface area contributed by atoms with Crippen LogP contribution in [0.1, 0.15) is 24.0 Å². The predicted molar refractivity (Wildman–Crippen MR) is 151 cm³/mol. The number of rotatable bonds is 7.